The van der Waals surface area contributed by atoms with E-state index in [1.165, 1.54) is 14.2 Å². The number of ether oxygens (including phenoxy) is 2. The standard InChI is InChI=1S/C20H25N3O4.ClH/c1-21-10-7-11-22-20(25)15-12-17(26-2)18(27-3)13-16(15)23-19(24)14-8-5-4-6-9-14;/h4-6,8-9,12-13,21H,7,10-11H2,1-3H3,(H,22,25)(H,23,24);1H. The summed E-state index contributed by atoms with van der Waals surface area (Å²) in [6, 6.07) is 11.9. The molecule has 0 heterocycles. The van der Waals surface area contributed by atoms with E-state index in [4.69, 9.17) is 9.47 Å². The summed E-state index contributed by atoms with van der Waals surface area (Å²) in [7, 11) is 4.85. The minimum Gasteiger partial charge on any atom is -0.493 e. The largest absolute Gasteiger partial charge is 0.493 e. The molecule has 0 aliphatic heterocycles. The Bertz CT molecular complexity index is 785. The molecule has 0 radical (unpaired) electrons. The highest BCUT2D eigenvalue weighted by Crippen LogP contribution is 2.33. The highest BCUT2D eigenvalue weighted by Gasteiger charge is 2.19. The lowest BCUT2D eigenvalue weighted by atomic mass is 10.1. The van der Waals surface area contributed by atoms with E-state index in [0.717, 1.165) is 13.0 Å². The molecule has 152 valence electrons. The lowest BCUT2D eigenvalue weighted by Crippen LogP contribution is -2.28. The first-order valence-electron chi connectivity index (χ1n) is 8.66. The van der Waals surface area contributed by atoms with Crippen LogP contribution in [0.2, 0.25) is 0 Å². The highest BCUT2D eigenvalue weighted by atomic mass is 35.5. The number of methoxy groups -OCH3 is 2. The molecule has 0 fully saturated rings. The van der Waals surface area contributed by atoms with Crippen LogP contribution in [0.15, 0.2) is 42.5 Å². The molecule has 0 aliphatic carbocycles. The SMILES string of the molecule is CNCCCNC(=O)c1cc(OC)c(OC)cc1NC(=O)c1ccccc1.Cl. The van der Waals surface area contributed by atoms with Gasteiger partial charge in [-0.1, -0.05) is 18.2 Å². The van der Waals surface area contributed by atoms with Crippen molar-refractivity contribution in [1.29, 1.82) is 0 Å². The Labute approximate surface area is 171 Å². The van der Waals surface area contributed by atoms with E-state index in [0.29, 0.717) is 34.9 Å². The zero-order chi connectivity index (χ0) is 19.6. The first kappa shape index (κ1) is 23.3. The third-order valence-corrected chi connectivity index (χ3v) is 3.94. The summed E-state index contributed by atoms with van der Waals surface area (Å²) in [6.07, 6.45) is 0.793. The number of hydrogen-bond acceptors (Lipinski definition) is 5. The van der Waals surface area contributed by atoms with Crippen LogP contribution in [0.25, 0.3) is 0 Å². The lowest BCUT2D eigenvalue weighted by Gasteiger charge is -2.16. The van der Waals surface area contributed by atoms with Gasteiger partial charge < -0.3 is 25.4 Å². The second-order valence-corrected chi connectivity index (χ2v) is 5.79. The van der Waals surface area contributed by atoms with Crippen molar-refractivity contribution in [2.75, 3.05) is 39.7 Å². The molecule has 2 aromatic rings. The van der Waals surface area contributed by atoms with Gasteiger partial charge in [0, 0.05) is 18.2 Å². The second kappa shape index (κ2) is 11.8. The number of benzene rings is 2. The quantitative estimate of drug-likeness (QED) is 0.556. The molecule has 28 heavy (non-hydrogen) atoms. The maximum atomic E-state index is 12.6. The van der Waals surface area contributed by atoms with Crippen molar-refractivity contribution in [2.45, 2.75) is 6.42 Å². The first-order chi connectivity index (χ1) is 13.1. The molecule has 3 N–H and O–H groups in total. The van der Waals surface area contributed by atoms with Gasteiger partial charge in [-0.15, -0.1) is 12.4 Å². The summed E-state index contributed by atoms with van der Waals surface area (Å²) >= 11 is 0. The predicted molar refractivity (Wildman–Crippen MR) is 112 cm³/mol. The molecule has 7 nitrogen and oxygen atoms in total. The maximum absolute atomic E-state index is 12.6. The van der Waals surface area contributed by atoms with E-state index < -0.39 is 0 Å². The molecule has 2 rings (SSSR count). The van der Waals surface area contributed by atoms with Crippen LogP contribution in [-0.4, -0.2) is 46.2 Å². The number of halogens is 1. The molecule has 2 amide bonds. The van der Waals surface area contributed by atoms with Crippen molar-refractivity contribution in [1.82, 2.24) is 10.6 Å². The van der Waals surface area contributed by atoms with Gasteiger partial charge in [0.25, 0.3) is 11.8 Å². The molecule has 0 aromatic heterocycles. The average molecular weight is 408 g/mol. The number of amides is 2. The van der Waals surface area contributed by atoms with Gasteiger partial charge in [-0.2, -0.15) is 0 Å². The third-order valence-electron chi connectivity index (χ3n) is 3.94. The number of carbonyl (C=O) groups is 2. The minimum absolute atomic E-state index is 0. The molecule has 0 unspecified atom stereocenters. The van der Waals surface area contributed by atoms with Crippen molar-refractivity contribution in [3.05, 3.63) is 53.6 Å². The van der Waals surface area contributed by atoms with Gasteiger partial charge in [0.15, 0.2) is 11.5 Å². The van der Waals surface area contributed by atoms with E-state index in [1.807, 2.05) is 13.1 Å². The van der Waals surface area contributed by atoms with Crippen molar-refractivity contribution >= 4 is 29.9 Å². The summed E-state index contributed by atoms with van der Waals surface area (Å²) in [6.45, 7) is 1.31. The van der Waals surface area contributed by atoms with Crippen LogP contribution in [0.4, 0.5) is 5.69 Å². The van der Waals surface area contributed by atoms with Crippen LogP contribution in [0.1, 0.15) is 27.1 Å². The van der Waals surface area contributed by atoms with E-state index in [-0.39, 0.29) is 24.2 Å². The number of hydrogen-bond donors (Lipinski definition) is 3. The number of carbonyl (C=O) groups excluding carboxylic acids is 2. The first-order valence-corrected chi connectivity index (χ1v) is 8.66. The Morgan fingerprint density at radius 3 is 2.18 bits per heavy atom. The van der Waals surface area contributed by atoms with Crippen LogP contribution < -0.4 is 25.4 Å². The Morgan fingerprint density at radius 1 is 0.929 bits per heavy atom. The monoisotopic (exact) mass is 407 g/mol. The predicted octanol–water partition coefficient (Wildman–Crippen LogP) is 2.72. The Hall–Kier alpha value is -2.77. The topological polar surface area (TPSA) is 88.7 Å². The smallest absolute Gasteiger partial charge is 0.255 e. The fourth-order valence-corrected chi connectivity index (χ4v) is 2.52. The average Bonchev–Trinajstić information content (AvgIpc) is 2.71. The molecule has 8 heteroatoms. The second-order valence-electron chi connectivity index (χ2n) is 5.79. The lowest BCUT2D eigenvalue weighted by molar-refractivity contribution is 0.0953. The Balaban J connectivity index is 0.00000392. The van der Waals surface area contributed by atoms with Crippen LogP contribution in [0.3, 0.4) is 0 Å². The summed E-state index contributed by atoms with van der Waals surface area (Å²) in [4.78, 5) is 25.2. The normalized spacial score (nSPS) is 9.82. The van der Waals surface area contributed by atoms with Crippen LogP contribution in [-0.2, 0) is 0 Å². The summed E-state index contributed by atoms with van der Waals surface area (Å²) < 4.78 is 10.6. The van der Waals surface area contributed by atoms with Crippen molar-refractivity contribution in [2.24, 2.45) is 0 Å². The third kappa shape index (κ3) is 6.14. The molecule has 2 aromatic carbocycles. The minimum atomic E-state index is -0.313. The van der Waals surface area contributed by atoms with Crippen LogP contribution in [0.5, 0.6) is 11.5 Å². The number of rotatable bonds is 9. The van der Waals surface area contributed by atoms with Crippen molar-refractivity contribution < 1.29 is 19.1 Å². The summed E-state index contributed by atoms with van der Waals surface area (Å²) in [5.74, 6) is 0.227. The van der Waals surface area contributed by atoms with Gasteiger partial charge in [-0.3, -0.25) is 9.59 Å². The number of nitrogens with one attached hydrogen (secondary N) is 3. The van der Waals surface area contributed by atoms with Crippen molar-refractivity contribution in [3.63, 3.8) is 0 Å². The molecule has 0 aliphatic rings. The Morgan fingerprint density at radius 2 is 1.57 bits per heavy atom. The van der Waals surface area contributed by atoms with Gasteiger partial charge in [0.2, 0.25) is 0 Å². The molecule has 0 saturated heterocycles. The van der Waals surface area contributed by atoms with Crippen LogP contribution >= 0.6 is 12.4 Å². The molecule has 0 bridgehead atoms. The van der Waals surface area contributed by atoms with E-state index >= 15 is 0 Å². The van der Waals surface area contributed by atoms with E-state index in [9.17, 15) is 9.59 Å². The summed E-state index contributed by atoms with van der Waals surface area (Å²) in [5, 5.41) is 8.66. The summed E-state index contributed by atoms with van der Waals surface area (Å²) in [5.41, 5.74) is 1.15. The zero-order valence-corrected chi connectivity index (χ0v) is 17.0. The zero-order valence-electron chi connectivity index (χ0n) is 16.2. The molecular weight excluding hydrogens is 382 g/mol. The van der Waals surface area contributed by atoms with Gasteiger partial charge in [-0.25, -0.2) is 0 Å². The fourth-order valence-electron chi connectivity index (χ4n) is 2.52. The van der Waals surface area contributed by atoms with Gasteiger partial charge in [0.05, 0.1) is 25.5 Å². The van der Waals surface area contributed by atoms with Gasteiger partial charge >= 0.3 is 0 Å². The molecule has 0 spiro atoms. The molecule has 0 saturated carbocycles. The Kier molecular flexibility index (Phi) is 9.84. The number of anilines is 1. The molecule has 0 atom stereocenters. The van der Waals surface area contributed by atoms with Gasteiger partial charge in [0.1, 0.15) is 0 Å². The maximum Gasteiger partial charge on any atom is 0.255 e. The van der Waals surface area contributed by atoms with E-state index in [1.54, 1.807) is 36.4 Å². The molecular formula is C20H26ClN3O4. The van der Waals surface area contributed by atoms with Crippen LogP contribution in [0, 0.1) is 0 Å². The van der Waals surface area contributed by atoms with E-state index in [2.05, 4.69) is 16.0 Å². The van der Waals surface area contributed by atoms with Gasteiger partial charge in [-0.05, 0) is 38.2 Å². The highest BCUT2D eigenvalue weighted by molar-refractivity contribution is 6.09. The fraction of sp³-hybridized carbons (Fsp3) is 0.300. The van der Waals surface area contributed by atoms with Crippen molar-refractivity contribution in [3.8, 4) is 11.5 Å².